The highest BCUT2D eigenvalue weighted by molar-refractivity contribution is 9.10. The number of halogens is 3. The Kier molecular flexibility index (Phi) is 5.12. The van der Waals surface area contributed by atoms with Gasteiger partial charge in [-0.3, -0.25) is 0 Å². The number of hydrogen-bond acceptors (Lipinski definition) is 4. The van der Waals surface area contributed by atoms with E-state index in [4.69, 9.17) is 14.6 Å². The lowest BCUT2D eigenvalue weighted by Gasteiger charge is -2.19. The Morgan fingerprint density at radius 3 is 2.85 bits per heavy atom. The van der Waals surface area contributed by atoms with Crippen LogP contribution >= 0.6 is 15.9 Å². The molecule has 27 heavy (non-hydrogen) atoms. The molecule has 0 radical (unpaired) electrons. The third kappa shape index (κ3) is 3.44. The molecule has 2 unspecified atom stereocenters. The van der Waals surface area contributed by atoms with Crippen LogP contribution in [-0.2, 0) is 4.74 Å². The predicted molar refractivity (Wildman–Crippen MR) is 99.0 cm³/mol. The van der Waals surface area contributed by atoms with Gasteiger partial charge >= 0.3 is 6.61 Å². The number of aromatic nitrogens is 2. The molecule has 0 saturated carbocycles. The van der Waals surface area contributed by atoms with Crippen molar-refractivity contribution < 1.29 is 23.4 Å². The quantitative estimate of drug-likeness (QED) is 0.617. The van der Waals surface area contributed by atoms with Crippen LogP contribution in [0.4, 0.5) is 8.78 Å². The highest BCUT2D eigenvalue weighted by Crippen LogP contribution is 2.45. The average molecular weight is 439 g/mol. The molecular formula is C19H17BrF2N2O3. The van der Waals surface area contributed by atoms with E-state index in [9.17, 15) is 8.78 Å². The standard InChI is InChI=1S/C19H17BrF2N2O3/c20-11-5-6-13-15(9-11)24-14(10-17(18(24)23-13)26-8-7-25)12-3-1-2-4-16(12)27-19(21)22/h1-6,9,14,17,19,25H,7-8,10H2. The number of aliphatic hydroxyl groups excluding tert-OH is 1. The summed E-state index contributed by atoms with van der Waals surface area (Å²) in [6, 6.07) is 12.3. The zero-order valence-corrected chi connectivity index (χ0v) is 15.8. The molecule has 3 aromatic rings. The number of aliphatic hydroxyl groups is 1. The van der Waals surface area contributed by atoms with Gasteiger partial charge in [0.05, 0.1) is 30.3 Å². The molecule has 1 aromatic heterocycles. The molecule has 5 nitrogen and oxygen atoms in total. The number of para-hydroxylation sites is 1. The van der Waals surface area contributed by atoms with Crippen molar-refractivity contribution in [1.82, 2.24) is 9.55 Å². The first-order valence-electron chi connectivity index (χ1n) is 8.52. The number of hydrogen-bond donors (Lipinski definition) is 1. The lowest BCUT2D eigenvalue weighted by molar-refractivity contribution is -0.0507. The Labute approximate surface area is 162 Å². The van der Waals surface area contributed by atoms with Crippen LogP contribution < -0.4 is 4.74 Å². The van der Waals surface area contributed by atoms with E-state index in [0.29, 0.717) is 17.8 Å². The smallest absolute Gasteiger partial charge is 0.387 e. The number of alkyl halides is 2. The third-order valence-electron chi connectivity index (χ3n) is 4.62. The van der Waals surface area contributed by atoms with Gasteiger partial charge in [-0.2, -0.15) is 8.78 Å². The summed E-state index contributed by atoms with van der Waals surface area (Å²) in [5, 5.41) is 9.12. The Bertz CT molecular complexity index is 963. The monoisotopic (exact) mass is 438 g/mol. The third-order valence-corrected chi connectivity index (χ3v) is 5.11. The number of benzene rings is 2. The van der Waals surface area contributed by atoms with Gasteiger partial charge in [0.2, 0.25) is 0 Å². The van der Waals surface area contributed by atoms with E-state index in [1.807, 2.05) is 22.8 Å². The van der Waals surface area contributed by atoms with Crippen molar-refractivity contribution in [3.63, 3.8) is 0 Å². The van der Waals surface area contributed by atoms with Gasteiger partial charge in [-0.05, 0) is 24.3 Å². The summed E-state index contributed by atoms with van der Waals surface area (Å²) in [6.07, 6.45) is 0.182. The number of nitrogens with zero attached hydrogens (tertiary/aromatic N) is 2. The van der Waals surface area contributed by atoms with Gasteiger partial charge in [0.25, 0.3) is 0 Å². The van der Waals surface area contributed by atoms with E-state index in [-0.39, 0.29) is 31.1 Å². The summed E-state index contributed by atoms with van der Waals surface area (Å²) in [5.74, 6) is 0.858. The zero-order valence-electron chi connectivity index (χ0n) is 14.2. The molecule has 0 fully saturated rings. The maximum Gasteiger partial charge on any atom is 0.387 e. The molecule has 0 aliphatic carbocycles. The molecule has 1 aliphatic heterocycles. The highest BCUT2D eigenvalue weighted by atomic mass is 79.9. The molecule has 2 heterocycles. The van der Waals surface area contributed by atoms with Crippen molar-refractivity contribution in [2.45, 2.75) is 25.2 Å². The largest absolute Gasteiger partial charge is 0.434 e. The van der Waals surface area contributed by atoms with Crippen LogP contribution in [-0.4, -0.2) is 34.5 Å². The second-order valence-electron chi connectivity index (χ2n) is 6.22. The van der Waals surface area contributed by atoms with E-state index in [1.54, 1.807) is 18.2 Å². The molecule has 1 N–H and O–H groups in total. The molecule has 2 atom stereocenters. The first-order chi connectivity index (χ1) is 13.1. The second kappa shape index (κ2) is 7.53. The first-order valence-corrected chi connectivity index (χ1v) is 9.31. The summed E-state index contributed by atoms with van der Waals surface area (Å²) in [7, 11) is 0. The van der Waals surface area contributed by atoms with E-state index in [0.717, 1.165) is 15.5 Å². The van der Waals surface area contributed by atoms with Crippen LogP contribution in [0.15, 0.2) is 46.9 Å². The first kappa shape index (κ1) is 18.3. The molecule has 0 amide bonds. The van der Waals surface area contributed by atoms with E-state index in [2.05, 4.69) is 20.9 Å². The maximum absolute atomic E-state index is 12.9. The van der Waals surface area contributed by atoms with Crippen LogP contribution in [0.5, 0.6) is 5.75 Å². The summed E-state index contributed by atoms with van der Waals surface area (Å²) in [4.78, 5) is 4.68. The van der Waals surface area contributed by atoms with Gasteiger partial charge in [-0.15, -0.1) is 0 Å². The Morgan fingerprint density at radius 1 is 1.26 bits per heavy atom. The van der Waals surface area contributed by atoms with Crippen LogP contribution in [0.2, 0.25) is 0 Å². The van der Waals surface area contributed by atoms with Crippen molar-refractivity contribution in [3.05, 3.63) is 58.3 Å². The molecule has 0 bridgehead atoms. The summed E-state index contributed by atoms with van der Waals surface area (Å²) >= 11 is 3.48. The van der Waals surface area contributed by atoms with Crippen LogP contribution in [0.3, 0.4) is 0 Å². The topological polar surface area (TPSA) is 56.5 Å². The SMILES string of the molecule is OCCOC1CC(c2ccccc2OC(F)F)n2c1nc1ccc(Br)cc12. The van der Waals surface area contributed by atoms with Gasteiger partial charge < -0.3 is 19.1 Å². The van der Waals surface area contributed by atoms with Crippen molar-refractivity contribution >= 4 is 27.0 Å². The number of imidazole rings is 1. The van der Waals surface area contributed by atoms with E-state index >= 15 is 0 Å². The number of ether oxygens (including phenoxy) is 2. The molecule has 4 rings (SSSR count). The maximum atomic E-state index is 12.9. The fourth-order valence-corrected chi connectivity index (χ4v) is 3.96. The van der Waals surface area contributed by atoms with Crippen molar-refractivity contribution in [1.29, 1.82) is 0 Å². The molecule has 0 spiro atoms. The summed E-state index contributed by atoms with van der Waals surface area (Å²) < 4.78 is 39.2. The van der Waals surface area contributed by atoms with Crippen LogP contribution in [0.1, 0.15) is 30.0 Å². The zero-order chi connectivity index (χ0) is 19.0. The fraction of sp³-hybridized carbons (Fsp3) is 0.316. The Balaban J connectivity index is 1.84. The molecule has 8 heteroatoms. The van der Waals surface area contributed by atoms with Crippen LogP contribution in [0, 0.1) is 0 Å². The summed E-state index contributed by atoms with van der Waals surface area (Å²) in [6.45, 7) is -2.82. The van der Waals surface area contributed by atoms with Gasteiger partial charge in [-0.1, -0.05) is 34.1 Å². The minimum Gasteiger partial charge on any atom is -0.434 e. The molecule has 1 aliphatic rings. The van der Waals surface area contributed by atoms with Crippen LogP contribution in [0.25, 0.3) is 11.0 Å². The predicted octanol–water partition coefficient (Wildman–Crippen LogP) is 4.44. The molecule has 2 aromatic carbocycles. The molecule has 0 saturated heterocycles. The second-order valence-corrected chi connectivity index (χ2v) is 7.14. The van der Waals surface area contributed by atoms with Gasteiger partial charge in [0.15, 0.2) is 0 Å². The molecular weight excluding hydrogens is 422 g/mol. The lowest BCUT2D eigenvalue weighted by atomic mass is 10.0. The summed E-state index contributed by atoms with van der Waals surface area (Å²) in [5.41, 5.74) is 2.32. The number of rotatable bonds is 6. The van der Waals surface area contributed by atoms with Gasteiger partial charge in [-0.25, -0.2) is 4.98 Å². The normalized spacial score (nSPS) is 19.0. The number of fused-ring (bicyclic) bond motifs is 3. The molecule has 142 valence electrons. The van der Waals surface area contributed by atoms with Crippen molar-refractivity contribution in [3.8, 4) is 5.75 Å². The Morgan fingerprint density at radius 2 is 2.07 bits per heavy atom. The fourth-order valence-electron chi connectivity index (χ4n) is 3.62. The van der Waals surface area contributed by atoms with Gasteiger partial charge in [0.1, 0.15) is 17.7 Å². The van der Waals surface area contributed by atoms with Gasteiger partial charge in [0, 0.05) is 16.5 Å². The van der Waals surface area contributed by atoms with Crippen molar-refractivity contribution in [2.24, 2.45) is 0 Å². The minimum atomic E-state index is -2.90. The average Bonchev–Trinajstić information content (AvgIpc) is 3.17. The highest BCUT2D eigenvalue weighted by Gasteiger charge is 2.37. The lowest BCUT2D eigenvalue weighted by Crippen LogP contribution is -2.10. The van der Waals surface area contributed by atoms with Crippen molar-refractivity contribution in [2.75, 3.05) is 13.2 Å². The van der Waals surface area contributed by atoms with E-state index in [1.165, 1.54) is 6.07 Å². The van der Waals surface area contributed by atoms with E-state index < -0.39 is 6.61 Å². The minimum absolute atomic E-state index is 0.0992. The Hall–Kier alpha value is -2.03.